The van der Waals surface area contributed by atoms with Crippen LogP contribution in [0.25, 0.3) is 21.9 Å². The minimum Gasteiger partial charge on any atom is -0.449 e. The number of fused-ring (bicyclic) bond motifs is 4. The number of halogens is 2. The number of aromatic nitrogens is 1. The van der Waals surface area contributed by atoms with Gasteiger partial charge in [-0.1, -0.05) is 83.9 Å². The van der Waals surface area contributed by atoms with Crippen LogP contribution in [0.1, 0.15) is 35.7 Å². The number of nitrogens with zero attached hydrogens (tertiary/aromatic N) is 1. The van der Waals surface area contributed by atoms with Crippen molar-refractivity contribution < 1.29 is 9.53 Å². The van der Waals surface area contributed by atoms with E-state index in [1.54, 1.807) is 6.07 Å². The summed E-state index contributed by atoms with van der Waals surface area (Å²) in [5, 5.41) is 5.28. The number of rotatable bonds is 4. The number of alkyl carbamates (subject to hydrolysis) is 1. The van der Waals surface area contributed by atoms with E-state index in [2.05, 4.69) is 34.6 Å². The molecule has 1 heterocycles. The maximum absolute atomic E-state index is 12.6. The van der Waals surface area contributed by atoms with E-state index in [1.165, 1.54) is 22.3 Å². The first-order valence-corrected chi connectivity index (χ1v) is 11.1. The van der Waals surface area contributed by atoms with Crippen LogP contribution in [-0.4, -0.2) is 17.7 Å². The number of amides is 1. The van der Waals surface area contributed by atoms with Gasteiger partial charge in [-0.05, 0) is 46.7 Å². The Hall–Kier alpha value is -3.08. The van der Waals surface area contributed by atoms with Crippen molar-refractivity contribution in [2.24, 2.45) is 0 Å². The first-order chi connectivity index (χ1) is 15.5. The van der Waals surface area contributed by atoms with Crippen molar-refractivity contribution in [2.45, 2.75) is 18.9 Å². The molecule has 4 aromatic rings. The first-order valence-electron chi connectivity index (χ1n) is 10.4. The normalized spacial score (nSPS) is 13.5. The average Bonchev–Trinajstić information content (AvgIpc) is 3.11. The summed E-state index contributed by atoms with van der Waals surface area (Å²) in [6.45, 7) is 2.10. The van der Waals surface area contributed by atoms with Crippen molar-refractivity contribution in [3.8, 4) is 11.1 Å². The Bertz CT molecular complexity index is 1290. The Morgan fingerprint density at radius 2 is 1.66 bits per heavy atom. The topological polar surface area (TPSA) is 51.2 Å². The molecule has 6 heteroatoms. The van der Waals surface area contributed by atoms with E-state index in [1.807, 2.05) is 49.4 Å². The number of benzene rings is 3. The fraction of sp³-hybridized carbons (Fsp3) is 0.154. The molecule has 32 heavy (non-hydrogen) atoms. The van der Waals surface area contributed by atoms with Crippen LogP contribution < -0.4 is 5.32 Å². The molecule has 4 nitrogen and oxygen atoms in total. The van der Waals surface area contributed by atoms with Crippen LogP contribution >= 0.6 is 23.2 Å². The second-order valence-corrected chi connectivity index (χ2v) is 8.63. The quantitative estimate of drug-likeness (QED) is 0.327. The Labute approximate surface area is 196 Å². The van der Waals surface area contributed by atoms with E-state index in [4.69, 9.17) is 27.9 Å². The average molecular weight is 463 g/mol. The molecule has 0 saturated carbocycles. The highest BCUT2D eigenvalue weighted by Crippen LogP contribution is 2.44. The molecule has 0 radical (unpaired) electrons. The second kappa shape index (κ2) is 8.45. The van der Waals surface area contributed by atoms with Crippen LogP contribution in [0.4, 0.5) is 4.79 Å². The smallest absolute Gasteiger partial charge is 0.407 e. The molecular weight excluding hydrogens is 443 g/mol. The largest absolute Gasteiger partial charge is 0.449 e. The number of pyridine rings is 1. The molecular formula is C26H20Cl2N2O2. The van der Waals surface area contributed by atoms with Gasteiger partial charge in [0.25, 0.3) is 0 Å². The van der Waals surface area contributed by atoms with Crippen LogP contribution in [0.15, 0.2) is 72.8 Å². The van der Waals surface area contributed by atoms with E-state index in [0.29, 0.717) is 21.3 Å². The molecule has 1 aliphatic rings. The molecule has 1 aromatic heterocycles. The molecule has 0 bridgehead atoms. The summed E-state index contributed by atoms with van der Waals surface area (Å²) in [5.74, 6) is 0.0128. The van der Waals surface area contributed by atoms with Crippen LogP contribution in [0.2, 0.25) is 10.2 Å². The second-order valence-electron chi connectivity index (χ2n) is 7.87. The number of carbonyl (C=O) groups excluding carboxylic acids is 1. The van der Waals surface area contributed by atoms with E-state index >= 15 is 0 Å². The van der Waals surface area contributed by atoms with Crippen molar-refractivity contribution in [3.05, 3.63) is 99.8 Å². The maximum atomic E-state index is 12.6. The lowest BCUT2D eigenvalue weighted by molar-refractivity contribution is 0.139. The molecule has 1 aliphatic carbocycles. The minimum absolute atomic E-state index is 0.0128. The molecule has 1 unspecified atom stereocenters. The van der Waals surface area contributed by atoms with Crippen molar-refractivity contribution in [2.75, 3.05) is 6.61 Å². The van der Waals surface area contributed by atoms with Crippen LogP contribution in [0, 0.1) is 0 Å². The van der Waals surface area contributed by atoms with Crippen molar-refractivity contribution >= 4 is 40.1 Å². The van der Waals surface area contributed by atoms with Gasteiger partial charge in [0, 0.05) is 11.3 Å². The van der Waals surface area contributed by atoms with Crippen LogP contribution in [0.5, 0.6) is 0 Å². The SMILES string of the molecule is CC(NC(=O)OCC1c2ccccc2-c2ccccc21)c1cc2cccc(Cl)c2c(Cl)n1. The van der Waals surface area contributed by atoms with Crippen molar-refractivity contribution in [1.82, 2.24) is 10.3 Å². The number of ether oxygens (including phenoxy) is 1. The highest BCUT2D eigenvalue weighted by atomic mass is 35.5. The monoisotopic (exact) mass is 462 g/mol. The number of hydrogen-bond donors (Lipinski definition) is 1. The van der Waals surface area contributed by atoms with E-state index in [9.17, 15) is 4.79 Å². The van der Waals surface area contributed by atoms with Crippen LogP contribution in [-0.2, 0) is 4.74 Å². The molecule has 3 aromatic carbocycles. The predicted molar refractivity (Wildman–Crippen MR) is 128 cm³/mol. The number of carbonyl (C=O) groups is 1. The molecule has 160 valence electrons. The fourth-order valence-electron chi connectivity index (χ4n) is 4.35. The molecule has 0 spiro atoms. The summed E-state index contributed by atoms with van der Waals surface area (Å²) < 4.78 is 5.64. The van der Waals surface area contributed by atoms with Gasteiger partial charge in [-0.25, -0.2) is 9.78 Å². The Morgan fingerprint density at radius 1 is 1.00 bits per heavy atom. The van der Waals surface area contributed by atoms with Crippen LogP contribution in [0.3, 0.4) is 0 Å². The Balaban J connectivity index is 1.30. The summed E-state index contributed by atoms with van der Waals surface area (Å²) >= 11 is 12.6. The van der Waals surface area contributed by atoms with Crippen molar-refractivity contribution in [1.29, 1.82) is 0 Å². The van der Waals surface area contributed by atoms with E-state index < -0.39 is 6.09 Å². The zero-order valence-electron chi connectivity index (χ0n) is 17.3. The molecule has 1 N–H and O–H groups in total. The summed E-state index contributed by atoms with van der Waals surface area (Å²) in [6.07, 6.45) is -0.497. The number of hydrogen-bond acceptors (Lipinski definition) is 3. The summed E-state index contributed by atoms with van der Waals surface area (Å²) in [5.41, 5.74) is 5.38. The number of nitrogens with one attached hydrogen (secondary N) is 1. The van der Waals surface area contributed by atoms with Gasteiger partial charge in [0.1, 0.15) is 11.8 Å². The summed E-state index contributed by atoms with van der Waals surface area (Å²) in [7, 11) is 0. The first kappa shape index (κ1) is 20.8. The third kappa shape index (κ3) is 3.70. The van der Waals surface area contributed by atoms with Crippen molar-refractivity contribution in [3.63, 3.8) is 0 Å². The van der Waals surface area contributed by atoms with Gasteiger partial charge in [0.15, 0.2) is 0 Å². The molecule has 0 aliphatic heterocycles. The van der Waals surface area contributed by atoms with Gasteiger partial charge < -0.3 is 10.1 Å². The zero-order valence-corrected chi connectivity index (χ0v) is 18.8. The third-order valence-corrected chi connectivity index (χ3v) is 6.49. The van der Waals surface area contributed by atoms with Gasteiger partial charge in [0.05, 0.1) is 16.8 Å². The highest BCUT2D eigenvalue weighted by molar-refractivity contribution is 6.41. The summed E-state index contributed by atoms with van der Waals surface area (Å²) in [4.78, 5) is 17.0. The Morgan fingerprint density at radius 3 is 2.34 bits per heavy atom. The Kier molecular flexibility index (Phi) is 5.50. The van der Waals surface area contributed by atoms with Gasteiger partial charge in [0.2, 0.25) is 0 Å². The molecule has 0 saturated heterocycles. The van der Waals surface area contributed by atoms with Gasteiger partial charge in [-0.15, -0.1) is 0 Å². The standard InChI is InChI=1S/C26H20Cl2N2O2/c1-15(23-13-16-7-6-12-22(27)24(16)25(28)30-23)29-26(31)32-14-21-19-10-4-2-8-17(19)18-9-3-5-11-20(18)21/h2-13,15,21H,14H2,1H3,(H,29,31). The van der Waals surface area contributed by atoms with E-state index in [0.717, 1.165) is 5.39 Å². The molecule has 1 atom stereocenters. The molecule has 0 fully saturated rings. The third-order valence-electron chi connectivity index (χ3n) is 5.90. The molecule has 5 rings (SSSR count). The lowest BCUT2D eigenvalue weighted by Gasteiger charge is -2.17. The zero-order chi connectivity index (χ0) is 22.2. The lowest BCUT2D eigenvalue weighted by Crippen LogP contribution is -2.29. The summed E-state index contributed by atoms with van der Waals surface area (Å²) in [6, 6.07) is 23.5. The van der Waals surface area contributed by atoms with E-state index in [-0.39, 0.29) is 18.6 Å². The minimum atomic E-state index is -0.497. The highest BCUT2D eigenvalue weighted by Gasteiger charge is 2.29. The predicted octanol–water partition coefficient (Wildman–Crippen LogP) is 7.14. The maximum Gasteiger partial charge on any atom is 0.407 e. The van der Waals surface area contributed by atoms with Gasteiger partial charge in [-0.2, -0.15) is 0 Å². The van der Waals surface area contributed by atoms with Gasteiger partial charge in [-0.3, -0.25) is 0 Å². The molecule has 1 amide bonds. The fourth-order valence-corrected chi connectivity index (χ4v) is 4.98. The van der Waals surface area contributed by atoms with Gasteiger partial charge >= 0.3 is 6.09 Å². The lowest BCUT2D eigenvalue weighted by atomic mass is 9.98.